The molecule has 21 heavy (non-hydrogen) atoms. The lowest BCUT2D eigenvalue weighted by atomic mass is 9.84. The number of aliphatic hydroxyl groups is 1. The first-order valence-corrected chi connectivity index (χ1v) is 7.56. The fraction of sp³-hybridized carbons (Fsp3) is 0.647. The minimum atomic E-state index is -0.581. The summed E-state index contributed by atoms with van der Waals surface area (Å²) in [5.74, 6) is -0.308. The average molecular weight is 295 g/mol. The van der Waals surface area contributed by atoms with E-state index in [1.165, 1.54) is 6.07 Å². The monoisotopic (exact) mass is 295 g/mol. The van der Waals surface area contributed by atoms with E-state index in [-0.39, 0.29) is 11.7 Å². The van der Waals surface area contributed by atoms with Crippen molar-refractivity contribution in [2.24, 2.45) is 5.92 Å². The molecule has 0 saturated carbocycles. The van der Waals surface area contributed by atoms with Crippen molar-refractivity contribution in [3.63, 3.8) is 0 Å². The second-order valence-corrected chi connectivity index (χ2v) is 6.85. The number of rotatable bonds is 4. The molecule has 0 radical (unpaired) electrons. The highest BCUT2D eigenvalue weighted by atomic mass is 19.1. The topological polar surface area (TPSA) is 32.7 Å². The predicted molar refractivity (Wildman–Crippen MR) is 83.0 cm³/mol. The van der Waals surface area contributed by atoms with Gasteiger partial charge in [0.15, 0.2) is 0 Å². The third kappa shape index (κ3) is 3.06. The fourth-order valence-electron chi connectivity index (χ4n) is 3.34. The smallest absolute Gasteiger partial charge is 0.146 e. The molecule has 2 unspecified atom stereocenters. The summed E-state index contributed by atoms with van der Waals surface area (Å²) in [7, 11) is 0. The second kappa shape index (κ2) is 5.58. The average Bonchev–Trinajstić information content (AvgIpc) is 2.54. The first-order valence-electron chi connectivity index (χ1n) is 7.56. The largest absolute Gasteiger partial charge is 0.390 e. The maximum absolute atomic E-state index is 14.0. The van der Waals surface area contributed by atoms with Gasteiger partial charge in [-0.05, 0) is 46.8 Å². The highest BCUT2D eigenvalue weighted by Crippen LogP contribution is 2.43. The number of nitrogens with zero attached hydrogens (tertiary/aromatic N) is 1. The van der Waals surface area contributed by atoms with Crippen molar-refractivity contribution in [1.29, 1.82) is 0 Å². The van der Waals surface area contributed by atoms with Crippen molar-refractivity contribution in [3.8, 4) is 0 Å². The summed E-state index contributed by atoms with van der Waals surface area (Å²) >= 11 is 0. The number of benzene rings is 1. The summed E-state index contributed by atoms with van der Waals surface area (Å²) < 4.78 is 20.0. The van der Waals surface area contributed by atoms with E-state index in [2.05, 4.69) is 0 Å². The Morgan fingerprint density at radius 2 is 1.81 bits per heavy atom. The molecule has 1 heterocycles. The van der Waals surface area contributed by atoms with Gasteiger partial charge >= 0.3 is 0 Å². The molecule has 4 heteroatoms. The van der Waals surface area contributed by atoms with Crippen LogP contribution in [0.4, 0.5) is 10.1 Å². The quantitative estimate of drug-likeness (QED) is 0.926. The van der Waals surface area contributed by atoms with Crippen LogP contribution in [-0.2, 0) is 4.74 Å². The van der Waals surface area contributed by atoms with Crippen LogP contribution < -0.4 is 4.90 Å². The van der Waals surface area contributed by atoms with E-state index in [0.717, 1.165) is 0 Å². The van der Waals surface area contributed by atoms with E-state index < -0.39 is 17.3 Å². The highest BCUT2D eigenvalue weighted by Gasteiger charge is 2.53. The standard InChI is InChI=1S/C17H26FNO2/c1-6-19(14-10-8-7-9-13(14)18)11-12-15(20)17(4,5)21-16(12,2)3/h7-10,12,15,20H,6,11H2,1-5H3. The van der Waals surface area contributed by atoms with Crippen LogP contribution in [0.3, 0.4) is 0 Å². The van der Waals surface area contributed by atoms with Gasteiger partial charge in [-0.1, -0.05) is 12.1 Å². The molecule has 0 aromatic heterocycles. The molecule has 0 amide bonds. The van der Waals surface area contributed by atoms with Gasteiger partial charge in [-0.3, -0.25) is 0 Å². The Balaban J connectivity index is 2.25. The molecule has 3 nitrogen and oxygen atoms in total. The zero-order valence-electron chi connectivity index (χ0n) is 13.6. The molecule has 1 aromatic rings. The number of hydrogen-bond donors (Lipinski definition) is 1. The van der Waals surface area contributed by atoms with Crippen LogP contribution in [0.5, 0.6) is 0 Å². The van der Waals surface area contributed by atoms with Gasteiger partial charge < -0.3 is 14.7 Å². The maximum Gasteiger partial charge on any atom is 0.146 e. The van der Waals surface area contributed by atoms with Crippen LogP contribution in [0.1, 0.15) is 34.6 Å². The molecule has 1 aromatic carbocycles. The summed E-state index contributed by atoms with van der Waals surface area (Å²) in [6.07, 6.45) is -0.576. The van der Waals surface area contributed by atoms with Crippen molar-refractivity contribution in [2.45, 2.75) is 51.9 Å². The zero-order valence-corrected chi connectivity index (χ0v) is 13.6. The molecule has 0 bridgehead atoms. The maximum atomic E-state index is 14.0. The fourth-order valence-corrected chi connectivity index (χ4v) is 3.34. The lowest BCUT2D eigenvalue weighted by molar-refractivity contribution is -0.0906. The van der Waals surface area contributed by atoms with Crippen molar-refractivity contribution in [3.05, 3.63) is 30.1 Å². The number of anilines is 1. The predicted octanol–water partition coefficient (Wildman–Crippen LogP) is 3.22. The minimum Gasteiger partial charge on any atom is -0.390 e. The van der Waals surface area contributed by atoms with Gasteiger partial charge in [-0.15, -0.1) is 0 Å². The molecular weight excluding hydrogens is 269 g/mol. The lowest BCUT2D eigenvalue weighted by Gasteiger charge is -2.33. The zero-order chi connectivity index (χ0) is 15.8. The normalized spacial score (nSPS) is 26.8. The third-order valence-corrected chi connectivity index (χ3v) is 4.50. The SMILES string of the molecule is CCN(CC1C(O)C(C)(C)OC1(C)C)c1ccccc1F. The Bertz CT molecular complexity index is 501. The van der Waals surface area contributed by atoms with E-state index in [0.29, 0.717) is 18.8 Å². The third-order valence-electron chi connectivity index (χ3n) is 4.50. The summed E-state index contributed by atoms with van der Waals surface area (Å²) in [5, 5.41) is 10.6. The summed E-state index contributed by atoms with van der Waals surface area (Å²) in [6.45, 7) is 11.0. The van der Waals surface area contributed by atoms with E-state index in [1.54, 1.807) is 12.1 Å². The Kier molecular flexibility index (Phi) is 4.31. The molecule has 1 aliphatic heterocycles. The van der Waals surface area contributed by atoms with Gasteiger partial charge in [0.05, 0.1) is 23.0 Å². The Hall–Kier alpha value is -1.13. The summed E-state index contributed by atoms with van der Waals surface area (Å²) in [4.78, 5) is 1.97. The van der Waals surface area contributed by atoms with Crippen LogP contribution in [0, 0.1) is 11.7 Å². The van der Waals surface area contributed by atoms with Crippen LogP contribution in [-0.4, -0.2) is 35.5 Å². The van der Waals surface area contributed by atoms with Crippen molar-refractivity contribution in [1.82, 2.24) is 0 Å². The Morgan fingerprint density at radius 3 is 2.29 bits per heavy atom. The first-order chi connectivity index (χ1) is 9.69. The van der Waals surface area contributed by atoms with E-state index >= 15 is 0 Å². The molecule has 1 fully saturated rings. The van der Waals surface area contributed by atoms with Crippen LogP contribution >= 0.6 is 0 Å². The van der Waals surface area contributed by atoms with Gasteiger partial charge in [0.1, 0.15) is 5.82 Å². The van der Waals surface area contributed by atoms with E-state index in [1.807, 2.05) is 45.6 Å². The molecule has 118 valence electrons. The van der Waals surface area contributed by atoms with Gasteiger partial charge in [-0.2, -0.15) is 0 Å². The van der Waals surface area contributed by atoms with Crippen LogP contribution in [0.25, 0.3) is 0 Å². The van der Waals surface area contributed by atoms with Gasteiger partial charge in [0.25, 0.3) is 0 Å². The summed E-state index contributed by atoms with van der Waals surface area (Å²) in [6, 6.07) is 6.76. The number of halogens is 1. The molecule has 1 saturated heterocycles. The first kappa shape index (κ1) is 16.2. The van der Waals surface area contributed by atoms with Crippen LogP contribution in [0.2, 0.25) is 0 Å². The van der Waals surface area contributed by atoms with E-state index in [4.69, 9.17) is 4.74 Å². The second-order valence-electron chi connectivity index (χ2n) is 6.85. The van der Waals surface area contributed by atoms with Crippen molar-refractivity contribution < 1.29 is 14.2 Å². The molecule has 1 N–H and O–H groups in total. The number of ether oxygens (including phenoxy) is 1. The number of hydrogen-bond acceptors (Lipinski definition) is 3. The van der Waals surface area contributed by atoms with Gasteiger partial charge in [-0.25, -0.2) is 4.39 Å². The molecule has 2 atom stereocenters. The van der Waals surface area contributed by atoms with Gasteiger partial charge in [0, 0.05) is 19.0 Å². The van der Waals surface area contributed by atoms with Gasteiger partial charge in [0.2, 0.25) is 0 Å². The van der Waals surface area contributed by atoms with Crippen molar-refractivity contribution in [2.75, 3.05) is 18.0 Å². The Morgan fingerprint density at radius 1 is 1.19 bits per heavy atom. The molecule has 1 aliphatic rings. The molecule has 0 aliphatic carbocycles. The molecule has 0 spiro atoms. The number of aliphatic hydroxyl groups excluding tert-OH is 1. The van der Waals surface area contributed by atoms with E-state index in [9.17, 15) is 9.50 Å². The minimum absolute atomic E-state index is 0.0768. The summed E-state index contributed by atoms with van der Waals surface area (Å²) in [5.41, 5.74) is -0.447. The lowest BCUT2D eigenvalue weighted by Crippen LogP contribution is -2.43. The highest BCUT2D eigenvalue weighted by molar-refractivity contribution is 5.47. The van der Waals surface area contributed by atoms with Crippen molar-refractivity contribution >= 4 is 5.69 Å². The molecule has 2 rings (SSSR count). The Labute approximate surface area is 126 Å². The molecular formula is C17H26FNO2. The number of para-hydroxylation sites is 1. The van der Waals surface area contributed by atoms with Crippen LogP contribution in [0.15, 0.2) is 24.3 Å².